The average Bonchev–Trinajstić information content (AvgIpc) is 2.24. The van der Waals surface area contributed by atoms with E-state index in [2.05, 4.69) is 0 Å². The Balaban J connectivity index is 2.29. The van der Waals surface area contributed by atoms with Crippen molar-refractivity contribution in [3.05, 3.63) is 0 Å². The molecule has 2 unspecified atom stereocenters. The Kier molecular flexibility index (Phi) is 1.28. The number of likely N-dealkylation sites (tertiary alicyclic amines) is 1. The molecule has 1 saturated heterocycles. The highest BCUT2D eigenvalue weighted by Gasteiger charge is 2.44. The predicted molar refractivity (Wildman–Crippen MR) is 38.9 cm³/mol. The van der Waals surface area contributed by atoms with Crippen molar-refractivity contribution in [2.45, 2.75) is 25.3 Å². The smallest absolute Gasteiger partial charge is 0.226 e. The van der Waals surface area contributed by atoms with Crippen LogP contribution in [0.2, 0.25) is 0 Å². The molecular formula is C8H11NO2. The van der Waals surface area contributed by atoms with Crippen molar-refractivity contribution in [3.63, 3.8) is 0 Å². The maximum atomic E-state index is 11.3. The first kappa shape index (κ1) is 6.83. The standard InChI is InChI=1S/C8H11NO2/c1-9-6-4-5(8(9)11)2-3-7(6)10/h5-6H,2-4H2,1H3. The molecule has 1 saturated carbocycles. The first-order chi connectivity index (χ1) is 5.20. The second-order valence-corrected chi connectivity index (χ2v) is 3.40. The van der Waals surface area contributed by atoms with Crippen molar-refractivity contribution < 1.29 is 9.59 Å². The second kappa shape index (κ2) is 2.06. The zero-order valence-electron chi connectivity index (χ0n) is 6.54. The third kappa shape index (κ3) is 0.800. The molecule has 0 radical (unpaired) electrons. The summed E-state index contributed by atoms with van der Waals surface area (Å²) in [6.45, 7) is 0. The third-order valence-corrected chi connectivity index (χ3v) is 2.78. The summed E-state index contributed by atoms with van der Waals surface area (Å²) in [7, 11) is 1.73. The highest BCUT2D eigenvalue weighted by Crippen LogP contribution is 2.33. The van der Waals surface area contributed by atoms with E-state index in [-0.39, 0.29) is 23.7 Å². The molecule has 2 rings (SSSR count). The Morgan fingerprint density at radius 3 is 2.82 bits per heavy atom. The SMILES string of the molecule is CN1C(=O)C2CCC(=O)C1C2. The Morgan fingerprint density at radius 1 is 1.45 bits per heavy atom. The summed E-state index contributed by atoms with van der Waals surface area (Å²) in [5.41, 5.74) is 0. The molecule has 11 heavy (non-hydrogen) atoms. The van der Waals surface area contributed by atoms with Crippen molar-refractivity contribution in [1.29, 1.82) is 0 Å². The van der Waals surface area contributed by atoms with E-state index >= 15 is 0 Å². The number of Topliss-reactive ketones (excluding diaryl/α,β-unsaturated/α-hetero) is 1. The van der Waals surface area contributed by atoms with Gasteiger partial charge in [-0.05, 0) is 12.8 Å². The number of carbonyl (C=O) groups excluding carboxylic acids is 2. The summed E-state index contributed by atoms with van der Waals surface area (Å²) < 4.78 is 0. The van der Waals surface area contributed by atoms with E-state index in [1.807, 2.05) is 0 Å². The van der Waals surface area contributed by atoms with Crippen molar-refractivity contribution in [2.24, 2.45) is 5.92 Å². The van der Waals surface area contributed by atoms with Crippen LogP contribution in [0.15, 0.2) is 0 Å². The lowest BCUT2D eigenvalue weighted by Gasteiger charge is -2.18. The topological polar surface area (TPSA) is 37.4 Å². The number of hydrogen-bond donors (Lipinski definition) is 0. The van der Waals surface area contributed by atoms with Crippen LogP contribution in [0.5, 0.6) is 0 Å². The minimum atomic E-state index is -0.0822. The van der Waals surface area contributed by atoms with Crippen LogP contribution in [0.1, 0.15) is 19.3 Å². The number of nitrogens with zero attached hydrogens (tertiary/aromatic N) is 1. The quantitative estimate of drug-likeness (QED) is 0.498. The van der Waals surface area contributed by atoms with E-state index in [0.717, 1.165) is 12.8 Å². The van der Waals surface area contributed by atoms with Crippen molar-refractivity contribution in [3.8, 4) is 0 Å². The van der Waals surface area contributed by atoms with Crippen molar-refractivity contribution in [1.82, 2.24) is 4.90 Å². The molecule has 2 aliphatic rings. The average molecular weight is 153 g/mol. The molecule has 1 amide bonds. The van der Waals surface area contributed by atoms with Gasteiger partial charge in [-0.1, -0.05) is 0 Å². The first-order valence-electron chi connectivity index (χ1n) is 3.99. The number of hydrogen-bond acceptors (Lipinski definition) is 2. The predicted octanol–water partition coefficient (Wildman–Crippen LogP) is 0.196. The van der Waals surface area contributed by atoms with Gasteiger partial charge in [0.1, 0.15) is 0 Å². The second-order valence-electron chi connectivity index (χ2n) is 3.40. The fraction of sp³-hybridized carbons (Fsp3) is 0.750. The lowest BCUT2D eigenvalue weighted by atomic mass is 9.89. The molecule has 1 aliphatic heterocycles. The van der Waals surface area contributed by atoms with Gasteiger partial charge in [0.15, 0.2) is 5.78 Å². The molecule has 2 fully saturated rings. The Hall–Kier alpha value is -0.860. The van der Waals surface area contributed by atoms with E-state index in [0.29, 0.717) is 6.42 Å². The van der Waals surface area contributed by atoms with Crippen LogP contribution in [0.25, 0.3) is 0 Å². The maximum absolute atomic E-state index is 11.3. The van der Waals surface area contributed by atoms with Gasteiger partial charge in [0.05, 0.1) is 6.04 Å². The molecule has 2 atom stereocenters. The molecule has 1 heterocycles. The van der Waals surface area contributed by atoms with Gasteiger partial charge in [-0.2, -0.15) is 0 Å². The largest absolute Gasteiger partial charge is 0.335 e. The number of amides is 1. The van der Waals surface area contributed by atoms with Crippen molar-refractivity contribution in [2.75, 3.05) is 7.05 Å². The summed E-state index contributed by atoms with van der Waals surface area (Å²) in [6, 6.07) is -0.0822. The summed E-state index contributed by atoms with van der Waals surface area (Å²) >= 11 is 0. The van der Waals surface area contributed by atoms with E-state index in [1.165, 1.54) is 0 Å². The highest BCUT2D eigenvalue weighted by molar-refractivity contribution is 5.95. The van der Waals surface area contributed by atoms with Gasteiger partial charge in [-0.3, -0.25) is 9.59 Å². The first-order valence-corrected chi connectivity index (χ1v) is 3.99. The summed E-state index contributed by atoms with van der Waals surface area (Å²) in [4.78, 5) is 24.1. The number of ketones is 1. The lowest BCUT2D eigenvalue weighted by Crippen LogP contribution is -2.34. The number of rotatable bonds is 0. The number of likely N-dealkylation sites (N-methyl/N-ethyl adjacent to an activating group) is 1. The summed E-state index contributed by atoms with van der Waals surface area (Å²) in [5, 5.41) is 0. The van der Waals surface area contributed by atoms with Crippen molar-refractivity contribution >= 4 is 11.7 Å². The fourth-order valence-electron chi connectivity index (χ4n) is 2.04. The molecule has 3 nitrogen and oxygen atoms in total. The lowest BCUT2D eigenvalue weighted by molar-refractivity contribution is -0.132. The van der Waals surface area contributed by atoms with Crippen LogP contribution in [0.4, 0.5) is 0 Å². The molecule has 0 aromatic rings. The van der Waals surface area contributed by atoms with Crippen LogP contribution in [-0.4, -0.2) is 29.7 Å². The molecule has 60 valence electrons. The van der Waals surface area contributed by atoms with Gasteiger partial charge < -0.3 is 4.90 Å². The number of carbonyl (C=O) groups is 2. The van der Waals surface area contributed by atoms with Crippen LogP contribution in [-0.2, 0) is 9.59 Å². The minimum Gasteiger partial charge on any atom is -0.335 e. The van der Waals surface area contributed by atoms with Gasteiger partial charge in [-0.25, -0.2) is 0 Å². The minimum absolute atomic E-state index is 0.0822. The summed E-state index contributed by atoms with van der Waals surface area (Å²) in [6.07, 6.45) is 2.15. The van der Waals surface area contributed by atoms with Crippen LogP contribution < -0.4 is 0 Å². The Morgan fingerprint density at radius 2 is 2.18 bits per heavy atom. The molecular weight excluding hydrogens is 142 g/mol. The van der Waals surface area contributed by atoms with E-state index in [1.54, 1.807) is 11.9 Å². The zero-order chi connectivity index (χ0) is 8.01. The molecule has 2 bridgehead atoms. The molecule has 0 aromatic carbocycles. The Labute approximate surface area is 65.4 Å². The van der Waals surface area contributed by atoms with Gasteiger partial charge in [-0.15, -0.1) is 0 Å². The fourth-order valence-corrected chi connectivity index (χ4v) is 2.04. The monoisotopic (exact) mass is 153 g/mol. The maximum Gasteiger partial charge on any atom is 0.226 e. The normalized spacial score (nSPS) is 36.6. The summed E-state index contributed by atoms with van der Waals surface area (Å²) in [5.74, 6) is 0.568. The van der Waals surface area contributed by atoms with E-state index in [4.69, 9.17) is 0 Å². The van der Waals surface area contributed by atoms with Gasteiger partial charge in [0.2, 0.25) is 5.91 Å². The van der Waals surface area contributed by atoms with Gasteiger partial charge in [0, 0.05) is 19.4 Å². The van der Waals surface area contributed by atoms with Gasteiger partial charge in [0.25, 0.3) is 0 Å². The van der Waals surface area contributed by atoms with Crippen LogP contribution in [0, 0.1) is 5.92 Å². The van der Waals surface area contributed by atoms with E-state index < -0.39 is 0 Å². The molecule has 0 N–H and O–H groups in total. The molecule has 1 aliphatic carbocycles. The van der Waals surface area contributed by atoms with Gasteiger partial charge >= 0.3 is 0 Å². The molecule has 3 heteroatoms. The van der Waals surface area contributed by atoms with Crippen LogP contribution in [0.3, 0.4) is 0 Å². The van der Waals surface area contributed by atoms with E-state index in [9.17, 15) is 9.59 Å². The highest BCUT2D eigenvalue weighted by atomic mass is 16.2. The van der Waals surface area contributed by atoms with Crippen LogP contribution >= 0.6 is 0 Å². The third-order valence-electron chi connectivity index (χ3n) is 2.78. The molecule has 0 spiro atoms. The zero-order valence-corrected chi connectivity index (χ0v) is 6.54. The molecule has 0 aromatic heterocycles. The number of fused-ring (bicyclic) bond motifs is 2. The Bertz CT molecular complexity index is 224.